The van der Waals surface area contributed by atoms with Gasteiger partial charge in [0.2, 0.25) is 0 Å². The molecule has 0 unspecified atom stereocenters. The van der Waals surface area contributed by atoms with Gasteiger partial charge in [-0.15, -0.1) is 0 Å². The van der Waals surface area contributed by atoms with E-state index < -0.39 is 17.4 Å². The fraction of sp³-hybridized carbons (Fsp3) is 0.800. The highest BCUT2D eigenvalue weighted by molar-refractivity contribution is 5.76. The van der Waals surface area contributed by atoms with Gasteiger partial charge < -0.3 is 10.2 Å². The first kappa shape index (κ1) is 11.0. The number of hydrogen-bond acceptors (Lipinski definition) is 2. The van der Waals surface area contributed by atoms with E-state index in [1.54, 1.807) is 0 Å². The zero-order valence-corrected chi connectivity index (χ0v) is 8.32. The molecule has 0 aromatic carbocycles. The Hall–Kier alpha value is -1.06. The second-order valence-electron chi connectivity index (χ2n) is 4.35. The van der Waals surface area contributed by atoms with Crippen molar-refractivity contribution >= 4 is 11.9 Å². The Morgan fingerprint density at radius 1 is 1.36 bits per heavy atom. The molecular weight excluding hydrogens is 184 g/mol. The molecule has 0 amide bonds. The second kappa shape index (κ2) is 3.98. The van der Waals surface area contributed by atoms with Crippen LogP contribution in [0.25, 0.3) is 0 Å². The van der Waals surface area contributed by atoms with E-state index in [0.29, 0.717) is 31.6 Å². The Morgan fingerprint density at radius 2 is 1.93 bits per heavy atom. The lowest BCUT2D eigenvalue weighted by molar-refractivity contribution is -0.159. The van der Waals surface area contributed by atoms with Gasteiger partial charge in [0.25, 0.3) is 0 Å². The molecule has 1 fully saturated rings. The van der Waals surface area contributed by atoms with Crippen LogP contribution >= 0.6 is 0 Å². The van der Waals surface area contributed by atoms with Crippen molar-refractivity contribution in [3.05, 3.63) is 0 Å². The van der Waals surface area contributed by atoms with E-state index in [9.17, 15) is 9.59 Å². The minimum absolute atomic E-state index is 0.0728. The normalized spacial score (nSPS) is 30.8. The zero-order valence-electron chi connectivity index (χ0n) is 8.32. The molecule has 0 radical (unpaired) electrons. The number of rotatable bonds is 5. The second-order valence-corrected chi connectivity index (χ2v) is 4.35. The molecule has 4 heteroatoms. The van der Waals surface area contributed by atoms with Gasteiger partial charge in [-0.25, -0.2) is 0 Å². The minimum Gasteiger partial charge on any atom is -0.481 e. The lowest BCUT2D eigenvalue weighted by Gasteiger charge is -2.43. The van der Waals surface area contributed by atoms with Crippen LogP contribution in [0.2, 0.25) is 0 Å². The Labute approximate surface area is 82.9 Å². The van der Waals surface area contributed by atoms with E-state index in [1.165, 1.54) is 0 Å². The number of carbonyl (C=O) groups is 2. The first-order valence-corrected chi connectivity index (χ1v) is 4.91. The lowest BCUT2D eigenvalue weighted by atomic mass is 9.60. The molecule has 1 aliphatic rings. The van der Waals surface area contributed by atoms with Gasteiger partial charge in [-0.3, -0.25) is 9.59 Å². The van der Waals surface area contributed by atoms with Crippen LogP contribution in [0.1, 0.15) is 39.0 Å². The van der Waals surface area contributed by atoms with Gasteiger partial charge in [0.05, 0.1) is 5.41 Å². The molecule has 1 aliphatic carbocycles. The van der Waals surface area contributed by atoms with Crippen molar-refractivity contribution in [1.82, 2.24) is 0 Å². The lowest BCUT2D eigenvalue weighted by Crippen LogP contribution is -2.42. The Balaban J connectivity index is 2.39. The van der Waals surface area contributed by atoms with Gasteiger partial charge in [0, 0.05) is 6.42 Å². The number of aliphatic carboxylic acids is 2. The molecule has 0 aromatic heterocycles. The van der Waals surface area contributed by atoms with Crippen molar-refractivity contribution in [2.75, 3.05) is 0 Å². The standard InChI is InChI=1S/C10H16O4/c1-7-5-10(6-7,9(13)14)4-2-3-8(11)12/h7H,2-6H2,1H3,(H,11,12)(H,13,14). The summed E-state index contributed by atoms with van der Waals surface area (Å²) in [5, 5.41) is 17.5. The van der Waals surface area contributed by atoms with Crippen molar-refractivity contribution in [3.63, 3.8) is 0 Å². The summed E-state index contributed by atoms with van der Waals surface area (Å²) in [4.78, 5) is 21.3. The number of hydrogen-bond donors (Lipinski definition) is 2. The van der Waals surface area contributed by atoms with E-state index in [0.717, 1.165) is 0 Å². The molecule has 14 heavy (non-hydrogen) atoms. The molecular formula is C10H16O4. The topological polar surface area (TPSA) is 74.6 Å². The van der Waals surface area contributed by atoms with Gasteiger partial charge in [-0.05, 0) is 31.6 Å². The highest BCUT2D eigenvalue weighted by Crippen LogP contribution is 2.49. The Bertz CT molecular complexity index is 241. The summed E-state index contributed by atoms with van der Waals surface area (Å²) in [7, 11) is 0. The van der Waals surface area contributed by atoms with Crippen molar-refractivity contribution in [3.8, 4) is 0 Å². The van der Waals surface area contributed by atoms with Gasteiger partial charge in [-0.1, -0.05) is 6.92 Å². The van der Waals surface area contributed by atoms with Crippen molar-refractivity contribution < 1.29 is 19.8 Å². The molecule has 0 atom stereocenters. The van der Waals surface area contributed by atoms with Gasteiger partial charge in [-0.2, -0.15) is 0 Å². The van der Waals surface area contributed by atoms with Crippen LogP contribution in [0.4, 0.5) is 0 Å². The molecule has 80 valence electrons. The molecule has 0 heterocycles. The molecule has 1 rings (SSSR count). The maximum absolute atomic E-state index is 11.0. The Kier molecular flexibility index (Phi) is 3.13. The molecule has 2 N–H and O–H groups in total. The quantitative estimate of drug-likeness (QED) is 0.708. The molecule has 0 saturated heterocycles. The fourth-order valence-corrected chi connectivity index (χ4v) is 2.34. The molecule has 0 aliphatic heterocycles. The number of carboxylic acid groups (broad SMARTS) is 2. The molecule has 0 spiro atoms. The van der Waals surface area contributed by atoms with Gasteiger partial charge in [0.15, 0.2) is 0 Å². The van der Waals surface area contributed by atoms with E-state index >= 15 is 0 Å². The van der Waals surface area contributed by atoms with Crippen molar-refractivity contribution in [2.24, 2.45) is 11.3 Å². The molecule has 0 bridgehead atoms. The predicted octanol–water partition coefficient (Wildman–Crippen LogP) is 1.74. The SMILES string of the molecule is CC1CC(CCCC(=O)O)(C(=O)O)C1. The molecule has 0 aromatic rings. The third-order valence-corrected chi connectivity index (χ3v) is 2.98. The summed E-state index contributed by atoms with van der Waals surface area (Å²) < 4.78 is 0. The fourth-order valence-electron chi connectivity index (χ4n) is 2.34. The highest BCUT2D eigenvalue weighted by Gasteiger charge is 2.47. The monoisotopic (exact) mass is 200 g/mol. The average molecular weight is 200 g/mol. The van der Waals surface area contributed by atoms with Crippen LogP contribution in [-0.4, -0.2) is 22.2 Å². The van der Waals surface area contributed by atoms with Gasteiger partial charge in [0.1, 0.15) is 0 Å². The predicted molar refractivity (Wildman–Crippen MR) is 50.0 cm³/mol. The summed E-state index contributed by atoms with van der Waals surface area (Å²) >= 11 is 0. The van der Waals surface area contributed by atoms with Crippen LogP contribution in [0, 0.1) is 11.3 Å². The van der Waals surface area contributed by atoms with Crippen LogP contribution < -0.4 is 0 Å². The molecule has 1 saturated carbocycles. The van der Waals surface area contributed by atoms with E-state index in [1.807, 2.05) is 6.92 Å². The maximum atomic E-state index is 11.0. The average Bonchev–Trinajstić information content (AvgIpc) is 1.99. The summed E-state index contributed by atoms with van der Waals surface area (Å²) in [5.41, 5.74) is -0.616. The third kappa shape index (κ3) is 2.25. The summed E-state index contributed by atoms with van der Waals surface area (Å²) in [6, 6.07) is 0. The van der Waals surface area contributed by atoms with Crippen molar-refractivity contribution in [2.45, 2.75) is 39.0 Å². The first-order valence-electron chi connectivity index (χ1n) is 4.91. The summed E-state index contributed by atoms with van der Waals surface area (Å²) in [6.45, 7) is 2.03. The van der Waals surface area contributed by atoms with Crippen molar-refractivity contribution in [1.29, 1.82) is 0 Å². The van der Waals surface area contributed by atoms with Crippen LogP contribution in [-0.2, 0) is 9.59 Å². The Morgan fingerprint density at radius 3 is 2.29 bits per heavy atom. The largest absolute Gasteiger partial charge is 0.481 e. The third-order valence-electron chi connectivity index (χ3n) is 2.98. The number of carboxylic acids is 2. The minimum atomic E-state index is -0.849. The van der Waals surface area contributed by atoms with E-state index in [4.69, 9.17) is 10.2 Å². The smallest absolute Gasteiger partial charge is 0.309 e. The summed E-state index contributed by atoms with van der Waals surface area (Å²) in [5.74, 6) is -1.14. The molecule has 4 nitrogen and oxygen atoms in total. The van der Waals surface area contributed by atoms with Crippen LogP contribution in [0.3, 0.4) is 0 Å². The maximum Gasteiger partial charge on any atom is 0.309 e. The highest BCUT2D eigenvalue weighted by atomic mass is 16.4. The van der Waals surface area contributed by atoms with Crippen LogP contribution in [0.15, 0.2) is 0 Å². The zero-order chi connectivity index (χ0) is 10.8. The summed E-state index contributed by atoms with van der Waals surface area (Å²) in [6.07, 6.45) is 2.43. The first-order chi connectivity index (χ1) is 6.46. The van der Waals surface area contributed by atoms with Crippen LogP contribution in [0.5, 0.6) is 0 Å². The van der Waals surface area contributed by atoms with E-state index in [-0.39, 0.29) is 6.42 Å². The van der Waals surface area contributed by atoms with E-state index in [2.05, 4.69) is 0 Å². The van der Waals surface area contributed by atoms with Gasteiger partial charge >= 0.3 is 11.9 Å².